The first kappa shape index (κ1) is 14.9. The maximum absolute atomic E-state index is 12.4. The van der Waals surface area contributed by atoms with Gasteiger partial charge in [0.15, 0.2) is 0 Å². The van der Waals surface area contributed by atoms with E-state index in [4.69, 9.17) is 4.74 Å². The number of carbonyl (C=O) groups excluding carboxylic acids is 1. The average Bonchev–Trinajstić information content (AvgIpc) is 2.99. The van der Waals surface area contributed by atoms with Gasteiger partial charge in [0.25, 0.3) is 0 Å². The molecule has 2 amide bonds. The first-order valence-corrected chi connectivity index (χ1v) is 7.12. The molecular formula is C17H16N2O4. The predicted molar refractivity (Wildman–Crippen MR) is 84.7 cm³/mol. The Bertz CT molecular complexity index is 756. The van der Waals surface area contributed by atoms with Gasteiger partial charge in [-0.15, -0.1) is 0 Å². The minimum Gasteiger partial charge on any atom is -0.497 e. The van der Waals surface area contributed by atoms with Crippen molar-refractivity contribution in [3.63, 3.8) is 0 Å². The molecular weight excluding hydrogens is 296 g/mol. The van der Waals surface area contributed by atoms with E-state index < -0.39 is 5.97 Å². The summed E-state index contributed by atoms with van der Waals surface area (Å²) in [5.41, 5.74) is 2.48. The van der Waals surface area contributed by atoms with Gasteiger partial charge >= 0.3 is 12.0 Å². The number of aromatic carboxylic acids is 1. The number of hydrogen-bond donors (Lipinski definition) is 2. The molecule has 0 bridgehead atoms. The molecule has 2 N–H and O–H groups in total. The second kappa shape index (κ2) is 6.00. The Hall–Kier alpha value is -3.02. The van der Waals surface area contributed by atoms with E-state index in [2.05, 4.69) is 5.32 Å². The molecule has 1 aliphatic heterocycles. The SMILES string of the molecule is COc1ccc(NC(=O)N2Cc3cccc(C(=O)O)c3C2)cc1. The molecule has 0 atom stereocenters. The standard InChI is InChI=1S/C17H16N2O4/c1-23-13-7-5-12(6-8-13)18-17(22)19-9-11-3-2-4-14(16(20)21)15(11)10-19/h2-8H,9-10H2,1H3,(H,18,22)(H,20,21). The molecule has 0 aromatic heterocycles. The number of hydrogen-bond acceptors (Lipinski definition) is 3. The minimum atomic E-state index is -0.973. The summed E-state index contributed by atoms with van der Waals surface area (Å²) in [6, 6.07) is 11.9. The van der Waals surface area contributed by atoms with Crippen LogP contribution in [0.1, 0.15) is 21.5 Å². The Balaban J connectivity index is 1.72. The van der Waals surface area contributed by atoms with E-state index >= 15 is 0 Å². The molecule has 23 heavy (non-hydrogen) atoms. The third-order valence-electron chi connectivity index (χ3n) is 3.84. The van der Waals surface area contributed by atoms with Crippen molar-refractivity contribution >= 4 is 17.7 Å². The highest BCUT2D eigenvalue weighted by Crippen LogP contribution is 2.27. The zero-order chi connectivity index (χ0) is 16.4. The van der Waals surface area contributed by atoms with Gasteiger partial charge in [0.05, 0.1) is 12.7 Å². The number of ether oxygens (including phenoxy) is 1. The maximum atomic E-state index is 12.4. The van der Waals surface area contributed by atoms with Crippen LogP contribution in [0.5, 0.6) is 5.75 Å². The fourth-order valence-electron chi connectivity index (χ4n) is 2.64. The molecule has 1 heterocycles. The average molecular weight is 312 g/mol. The molecule has 0 spiro atoms. The van der Waals surface area contributed by atoms with Crippen LogP contribution < -0.4 is 10.1 Å². The molecule has 2 aromatic carbocycles. The number of nitrogens with one attached hydrogen (secondary N) is 1. The van der Waals surface area contributed by atoms with Crippen LogP contribution in [0, 0.1) is 0 Å². The second-order valence-electron chi connectivity index (χ2n) is 5.26. The van der Waals surface area contributed by atoms with E-state index in [1.165, 1.54) is 0 Å². The number of nitrogens with zero attached hydrogens (tertiary/aromatic N) is 1. The molecule has 0 fully saturated rings. The highest BCUT2D eigenvalue weighted by molar-refractivity contribution is 5.92. The fourth-order valence-corrected chi connectivity index (χ4v) is 2.64. The molecule has 0 unspecified atom stereocenters. The lowest BCUT2D eigenvalue weighted by molar-refractivity contribution is 0.0695. The molecule has 6 nitrogen and oxygen atoms in total. The van der Waals surface area contributed by atoms with Gasteiger partial charge in [0.1, 0.15) is 5.75 Å². The van der Waals surface area contributed by atoms with Crippen LogP contribution in [0.4, 0.5) is 10.5 Å². The topological polar surface area (TPSA) is 78.9 Å². The molecule has 0 aliphatic carbocycles. The first-order chi connectivity index (χ1) is 11.1. The number of amides is 2. The van der Waals surface area contributed by atoms with Crippen molar-refractivity contribution in [3.8, 4) is 5.75 Å². The molecule has 2 aromatic rings. The van der Waals surface area contributed by atoms with Crippen LogP contribution in [-0.4, -0.2) is 29.1 Å². The number of rotatable bonds is 3. The number of urea groups is 1. The molecule has 0 saturated carbocycles. The van der Waals surface area contributed by atoms with Gasteiger partial charge in [-0.25, -0.2) is 9.59 Å². The predicted octanol–water partition coefficient (Wildman–Crippen LogP) is 2.94. The minimum absolute atomic E-state index is 0.252. The number of benzene rings is 2. The van der Waals surface area contributed by atoms with E-state index in [0.29, 0.717) is 30.1 Å². The molecule has 118 valence electrons. The smallest absolute Gasteiger partial charge is 0.336 e. The number of anilines is 1. The normalized spacial score (nSPS) is 12.7. The Morgan fingerprint density at radius 2 is 1.87 bits per heavy atom. The summed E-state index contributed by atoms with van der Waals surface area (Å²) < 4.78 is 5.07. The Labute approximate surface area is 133 Å². The van der Waals surface area contributed by atoms with Crippen molar-refractivity contribution in [2.75, 3.05) is 12.4 Å². The third-order valence-corrected chi connectivity index (χ3v) is 3.84. The lowest BCUT2D eigenvalue weighted by atomic mass is 10.0. The van der Waals surface area contributed by atoms with Gasteiger partial charge in [-0.05, 0) is 41.5 Å². The quantitative estimate of drug-likeness (QED) is 0.913. The summed E-state index contributed by atoms with van der Waals surface area (Å²) in [5.74, 6) is -0.262. The number of carbonyl (C=O) groups is 2. The van der Waals surface area contributed by atoms with E-state index in [9.17, 15) is 14.7 Å². The lowest BCUT2D eigenvalue weighted by Gasteiger charge is -2.16. The van der Waals surface area contributed by atoms with Gasteiger partial charge < -0.3 is 20.1 Å². The van der Waals surface area contributed by atoms with Gasteiger partial charge in [-0.2, -0.15) is 0 Å². The molecule has 6 heteroatoms. The summed E-state index contributed by atoms with van der Waals surface area (Å²) >= 11 is 0. The number of fused-ring (bicyclic) bond motifs is 1. The van der Waals surface area contributed by atoms with Crippen LogP contribution in [0.2, 0.25) is 0 Å². The number of carboxylic acids is 1. The fraction of sp³-hybridized carbons (Fsp3) is 0.176. The van der Waals surface area contributed by atoms with Crippen molar-refractivity contribution in [1.82, 2.24) is 4.90 Å². The van der Waals surface area contributed by atoms with Crippen LogP contribution in [-0.2, 0) is 13.1 Å². The van der Waals surface area contributed by atoms with Gasteiger partial charge in [-0.3, -0.25) is 0 Å². The summed E-state index contributed by atoms with van der Waals surface area (Å²) in [4.78, 5) is 25.2. The Kier molecular flexibility index (Phi) is 3.89. The molecule has 0 saturated heterocycles. The van der Waals surface area contributed by atoms with Crippen LogP contribution >= 0.6 is 0 Å². The lowest BCUT2D eigenvalue weighted by Crippen LogP contribution is -2.30. The second-order valence-corrected chi connectivity index (χ2v) is 5.26. The third kappa shape index (κ3) is 2.96. The zero-order valence-corrected chi connectivity index (χ0v) is 12.6. The highest BCUT2D eigenvalue weighted by Gasteiger charge is 2.27. The van der Waals surface area contributed by atoms with Crippen molar-refractivity contribution in [1.29, 1.82) is 0 Å². The van der Waals surface area contributed by atoms with Crippen LogP contribution in [0.3, 0.4) is 0 Å². The number of methoxy groups -OCH3 is 1. The van der Waals surface area contributed by atoms with Crippen molar-refractivity contribution < 1.29 is 19.4 Å². The molecule has 1 aliphatic rings. The molecule has 3 rings (SSSR count). The van der Waals surface area contributed by atoms with Crippen molar-refractivity contribution in [2.24, 2.45) is 0 Å². The van der Waals surface area contributed by atoms with Gasteiger partial charge in [-0.1, -0.05) is 12.1 Å². The van der Waals surface area contributed by atoms with E-state index in [-0.39, 0.29) is 11.6 Å². The first-order valence-electron chi connectivity index (χ1n) is 7.12. The molecule has 0 radical (unpaired) electrons. The summed E-state index contributed by atoms with van der Waals surface area (Å²) in [5, 5.41) is 12.0. The van der Waals surface area contributed by atoms with Crippen molar-refractivity contribution in [3.05, 3.63) is 59.2 Å². The number of carboxylic acid groups (broad SMARTS) is 1. The highest BCUT2D eigenvalue weighted by atomic mass is 16.5. The van der Waals surface area contributed by atoms with E-state index in [1.807, 2.05) is 6.07 Å². The van der Waals surface area contributed by atoms with Gasteiger partial charge in [0, 0.05) is 18.8 Å². The largest absolute Gasteiger partial charge is 0.497 e. The monoisotopic (exact) mass is 312 g/mol. The summed E-state index contributed by atoms with van der Waals surface area (Å²) in [6.07, 6.45) is 0. The van der Waals surface area contributed by atoms with E-state index in [0.717, 1.165) is 5.56 Å². The van der Waals surface area contributed by atoms with E-state index in [1.54, 1.807) is 48.4 Å². The van der Waals surface area contributed by atoms with Crippen LogP contribution in [0.15, 0.2) is 42.5 Å². The van der Waals surface area contributed by atoms with Gasteiger partial charge in [0.2, 0.25) is 0 Å². The summed E-state index contributed by atoms with van der Waals surface area (Å²) in [6.45, 7) is 0.693. The Morgan fingerprint density at radius 3 is 2.52 bits per heavy atom. The van der Waals surface area contributed by atoms with Crippen LogP contribution in [0.25, 0.3) is 0 Å². The maximum Gasteiger partial charge on any atom is 0.336 e. The Morgan fingerprint density at radius 1 is 1.13 bits per heavy atom. The summed E-state index contributed by atoms with van der Waals surface area (Å²) in [7, 11) is 1.58. The zero-order valence-electron chi connectivity index (χ0n) is 12.6. The van der Waals surface area contributed by atoms with Crippen molar-refractivity contribution in [2.45, 2.75) is 13.1 Å².